The predicted octanol–water partition coefficient (Wildman–Crippen LogP) is -3.42. The van der Waals surface area contributed by atoms with E-state index in [1.807, 2.05) is 0 Å². The van der Waals surface area contributed by atoms with Crippen LogP contribution < -0.4 is 0 Å². The molecule has 2 radical (unpaired) electrons. The molecule has 0 aromatic carbocycles. The molecule has 0 aliphatic heterocycles. The van der Waals surface area contributed by atoms with Gasteiger partial charge in [0.15, 0.2) is 0 Å². The third kappa shape index (κ3) is 18.3. The van der Waals surface area contributed by atoms with Crippen molar-refractivity contribution >= 4 is 122 Å². The van der Waals surface area contributed by atoms with E-state index in [0.717, 1.165) is 9.76 Å². The molecule has 0 spiro atoms. The van der Waals surface area contributed by atoms with Crippen LogP contribution in [0.25, 0.3) is 0 Å². The average Bonchev–Trinajstić information content (AvgIpc) is 0.918. The first-order valence-corrected chi connectivity index (χ1v) is 7.31. The van der Waals surface area contributed by atoms with Gasteiger partial charge >= 0.3 is 0 Å². The van der Waals surface area contributed by atoms with Gasteiger partial charge in [-0.3, -0.25) is 0 Å². The number of hydrogen-bond donors (Lipinski definition) is 1. The van der Waals surface area contributed by atoms with E-state index in [1.54, 1.807) is 0 Å². The third-order valence-electron chi connectivity index (χ3n) is 0. The van der Waals surface area contributed by atoms with Crippen LogP contribution in [0, 0.1) is 0 Å². The third-order valence-corrected chi connectivity index (χ3v) is 0. The van der Waals surface area contributed by atoms with E-state index in [1.165, 1.54) is 0 Å². The summed E-state index contributed by atoms with van der Waals surface area (Å²) in [4.78, 5) is 7.77. The molecule has 0 bridgehead atoms. The Balaban J connectivity index is -0.0000000200. The maximum Gasteiger partial charge on any atom is 0.134 e. The van der Waals surface area contributed by atoms with Crippen molar-refractivity contribution in [2.75, 3.05) is 0 Å². The summed E-state index contributed by atoms with van der Waals surface area (Å²) in [7, 11) is 0.619. The topological polar surface area (TPSA) is 20.2 Å². The van der Waals surface area contributed by atoms with Gasteiger partial charge in [0.05, 0.1) is 0 Å². The van der Waals surface area contributed by atoms with Crippen LogP contribution in [0.2, 0.25) is 0 Å². The zero-order valence-corrected chi connectivity index (χ0v) is 13.8. The van der Waals surface area contributed by atoms with Crippen LogP contribution in [-0.2, 0) is 0 Å². The smallest absolute Gasteiger partial charge is 0.134 e. The first-order chi connectivity index (χ1) is 1.41. The maximum absolute atomic E-state index is 7.77. The Kier molecular flexibility index (Phi) is 49.6. The van der Waals surface area contributed by atoms with Crippen LogP contribution in [0.4, 0.5) is 0 Å². The Hall–Kier alpha value is 3.67. The molecule has 0 rings (SSSR count). The van der Waals surface area contributed by atoms with Gasteiger partial charge in [0.1, 0.15) is 9.28 Å². The molecular formula is H6K2OSi2. The normalized spacial score (nSPS) is 6.60. The van der Waals surface area contributed by atoms with Gasteiger partial charge in [0.2, 0.25) is 0 Å². The van der Waals surface area contributed by atoms with E-state index in [-0.39, 0.29) is 103 Å². The van der Waals surface area contributed by atoms with E-state index < -0.39 is 9.28 Å². The molecule has 22 valence electrons. The second-order valence-corrected chi connectivity index (χ2v) is 2.85. The van der Waals surface area contributed by atoms with E-state index in [0.29, 0.717) is 0 Å². The number of hydrogen-bond acceptors (Lipinski definition) is 1. The molecule has 0 fully saturated rings. The van der Waals surface area contributed by atoms with Crippen molar-refractivity contribution in [3.05, 3.63) is 0 Å². The largest absolute Gasteiger partial charge is 0.442 e. The standard InChI is InChI=1S/2K.H6OSi2/c;;1-3-2/h;;1H,3H2,2H3. The van der Waals surface area contributed by atoms with E-state index in [2.05, 4.69) is 0 Å². The fourth-order valence-corrected chi connectivity index (χ4v) is 0. The van der Waals surface area contributed by atoms with E-state index in [9.17, 15) is 0 Å². The molecule has 5 heavy (non-hydrogen) atoms. The summed E-state index contributed by atoms with van der Waals surface area (Å²) in [6.45, 7) is 0. The van der Waals surface area contributed by atoms with Crippen LogP contribution in [0.5, 0.6) is 0 Å². The van der Waals surface area contributed by atoms with Crippen molar-refractivity contribution in [3.8, 4) is 0 Å². The molecular weight excluding hydrogens is 150 g/mol. The Morgan fingerprint density at radius 3 is 1.40 bits per heavy atom. The van der Waals surface area contributed by atoms with Gasteiger partial charge in [-0.2, -0.15) is 0 Å². The molecule has 0 aromatic rings. The van der Waals surface area contributed by atoms with Gasteiger partial charge in [-0.1, -0.05) is 0 Å². The van der Waals surface area contributed by atoms with Crippen molar-refractivity contribution in [1.82, 2.24) is 0 Å². The summed E-state index contributed by atoms with van der Waals surface area (Å²) in [6, 6.07) is 0. The van der Waals surface area contributed by atoms with Gasteiger partial charge in [-0.25, -0.2) is 0 Å². The zero-order chi connectivity index (χ0) is 2.71. The van der Waals surface area contributed by atoms with Gasteiger partial charge in [-0.05, 0) is 0 Å². The van der Waals surface area contributed by atoms with Crippen molar-refractivity contribution in [2.24, 2.45) is 0 Å². The first kappa shape index (κ1) is 15.9. The van der Waals surface area contributed by atoms with Crippen LogP contribution in [0.15, 0.2) is 0 Å². The minimum absolute atomic E-state index is 0. The van der Waals surface area contributed by atoms with Gasteiger partial charge in [0, 0.05) is 113 Å². The van der Waals surface area contributed by atoms with Crippen molar-refractivity contribution in [1.29, 1.82) is 0 Å². The molecule has 0 atom stereocenters. The van der Waals surface area contributed by atoms with Gasteiger partial charge < -0.3 is 4.80 Å². The minimum atomic E-state index is -0.444. The molecule has 0 saturated carbocycles. The van der Waals surface area contributed by atoms with Crippen LogP contribution in [0.3, 0.4) is 0 Å². The molecule has 1 N–H and O–H groups in total. The summed E-state index contributed by atoms with van der Waals surface area (Å²) in [5.41, 5.74) is 0. The minimum Gasteiger partial charge on any atom is -0.442 e. The predicted molar refractivity (Wildman–Crippen MR) is 32.2 cm³/mol. The monoisotopic (exact) mass is 156 g/mol. The van der Waals surface area contributed by atoms with Crippen LogP contribution in [-0.4, -0.2) is 127 Å². The summed E-state index contributed by atoms with van der Waals surface area (Å²) < 4.78 is 0. The molecule has 5 heteroatoms. The Morgan fingerprint density at radius 2 is 1.40 bits per heavy atom. The summed E-state index contributed by atoms with van der Waals surface area (Å²) in [5.74, 6) is 0. The second-order valence-electron chi connectivity index (χ2n) is 0.316. The quantitative estimate of drug-likeness (QED) is 0.362. The Bertz CT molecular complexity index is 7.61. The molecule has 0 aliphatic carbocycles. The van der Waals surface area contributed by atoms with Gasteiger partial charge in [0.25, 0.3) is 0 Å². The fourth-order valence-electron chi connectivity index (χ4n) is 0. The summed E-state index contributed by atoms with van der Waals surface area (Å²) in [6.07, 6.45) is 0. The Labute approximate surface area is 123 Å². The fraction of sp³-hybridized carbons (Fsp3) is 0. The first-order valence-electron chi connectivity index (χ1n) is 1.02. The SMILES string of the molecule is O[SiH2][SiH3].[K].[K]. The van der Waals surface area contributed by atoms with Crippen LogP contribution >= 0.6 is 0 Å². The Morgan fingerprint density at radius 1 is 1.40 bits per heavy atom. The second kappa shape index (κ2) is 15.6. The van der Waals surface area contributed by atoms with Crippen molar-refractivity contribution < 1.29 is 4.80 Å². The molecule has 1 nitrogen and oxygen atoms in total. The van der Waals surface area contributed by atoms with E-state index in [4.69, 9.17) is 4.80 Å². The summed E-state index contributed by atoms with van der Waals surface area (Å²) in [5, 5.41) is 0. The van der Waals surface area contributed by atoms with Crippen LogP contribution in [0.1, 0.15) is 0 Å². The summed E-state index contributed by atoms with van der Waals surface area (Å²) >= 11 is 0. The molecule has 0 unspecified atom stereocenters. The average molecular weight is 156 g/mol. The van der Waals surface area contributed by atoms with Gasteiger partial charge in [-0.15, -0.1) is 0 Å². The van der Waals surface area contributed by atoms with Crippen molar-refractivity contribution in [3.63, 3.8) is 0 Å². The molecule has 0 amide bonds. The molecule has 0 aliphatic rings. The maximum atomic E-state index is 7.77. The van der Waals surface area contributed by atoms with E-state index >= 15 is 0 Å². The number of rotatable bonds is 0. The van der Waals surface area contributed by atoms with Crippen molar-refractivity contribution in [2.45, 2.75) is 0 Å². The molecule has 0 saturated heterocycles. The zero-order valence-electron chi connectivity index (χ0n) is 4.15. The molecule has 0 aromatic heterocycles. The molecule has 0 heterocycles.